The summed E-state index contributed by atoms with van der Waals surface area (Å²) in [5.41, 5.74) is 3.67. The number of methoxy groups -OCH3 is 1. The Kier molecular flexibility index (Phi) is 7.94. The zero-order chi connectivity index (χ0) is 24.9. The molecule has 0 saturated heterocycles. The first kappa shape index (κ1) is 25.2. The van der Waals surface area contributed by atoms with Crippen LogP contribution in [0.2, 0.25) is 0 Å². The molecule has 2 aromatic rings. The Hall–Kier alpha value is -3.39. The quantitative estimate of drug-likeness (QED) is 0.491. The van der Waals surface area contributed by atoms with Gasteiger partial charge in [0, 0.05) is 25.0 Å². The third-order valence-corrected chi connectivity index (χ3v) is 6.37. The number of aliphatic carboxylic acids is 1. The highest BCUT2D eigenvalue weighted by molar-refractivity contribution is 5.87. The molecule has 0 spiro atoms. The summed E-state index contributed by atoms with van der Waals surface area (Å²) in [6, 6.07) is 15.0. The van der Waals surface area contributed by atoms with E-state index in [-0.39, 0.29) is 19.1 Å². The molecule has 0 radical (unpaired) electrons. The van der Waals surface area contributed by atoms with Crippen LogP contribution in [0.25, 0.3) is 11.1 Å². The van der Waals surface area contributed by atoms with Crippen LogP contribution in [0.1, 0.15) is 44.2 Å². The maximum absolute atomic E-state index is 12.6. The van der Waals surface area contributed by atoms with Crippen molar-refractivity contribution in [1.29, 1.82) is 0 Å². The highest BCUT2D eigenvalue weighted by Gasteiger charge is 2.34. The molecular weight excluding hydrogens is 436 g/mol. The standard InChI is InChI=1S/C26H32N2O6/c1-16(33-4)22(23(29)30)28-24(31)26(2,3)13-14-27-25(32)34-15-21-19-11-7-5-9-17(19)18-10-6-8-12-20(18)21/h5-12,16,21-22H,13-15H2,1-4H3,(H,27,32)(H,28,31)(H,29,30). The Bertz CT molecular complexity index is 1010. The molecule has 0 fully saturated rings. The lowest BCUT2D eigenvalue weighted by Crippen LogP contribution is -2.52. The van der Waals surface area contributed by atoms with Crippen LogP contribution in [0.5, 0.6) is 0 Å². The van der Waals surface area contributed by atoms with Gasteiger partial charge >= 0.3 is 12.1 Å². The molecule has 8 heteroatoms. The minimum atomic E-state index is -1.17. The molecule has 1 aliphatic rings. The maximum atomic E-state index is 12.6. The third-order valence-electron chi connectivity index (χ3n) is 6.37. The number of alkyl carbamates (subject to hydrolysis) is 1. The molecule has 0 aliphatic heterocycles. The average molecular weight is 469 g/mol. The summed E-state index contributed by atoms with van der Waals surface area (Å²) in [5.74, 6) is -1.63. The molecule has 2 unspecified atom stereocenters. The molecule has 34 heavy (non-hydrogen) atoms. The van der Waals surface area contributed by atoms with Crippen molar-refractivity contribution in [3.05, 3.63) is 59.7 Å². The summed E-state index contributed by atoms with van der Waals surface area (Å²) in [6.07, 6.45) is -0.942. The number of hydrogen-bond donors (Lipinski definition) is 3. The maximum Gasteiger partial charge on any atom is 0.407 e. The Balaban J connectivity index is 1.51. The molecule has 0 heterocycles. The van der Waals surface area contributed by atoms with Crippen molar-refractivity contribution in [1.82, 2.24) is 10.6 Å². The van der Waals surface area contributed by atoms with Crippen LogP contribution in [0, 0.1) is 5.41 Å². The number of carboxylic acid groups (broad SMARTS) is 1. The van der Waals surface area contributed by atoms with Gasteiger partial charge in [-0.1, -0.05) is 62.4 Å². The number of carbonyl (C=O) groups is 3. The smallest absolute Gasteiger partial charge is 0.407 e. The van der Waals surface area contributed by atoms with Crippen molar-refractivity contribution >= 4 is 18.0 Å². The number of carbonyl (C=O) groups excluding carboxylic acids is 2. The number of carboxylic acids is 1. The topological polar surface area (TPSA) is 114 Å². The van der Waals surface area contributed by atoms with E-state index in [1.165, 1.54) is 7.11 Å². The van der Waals surface area contributed by atoms with Crippen LogP contribution >= 0.6 is 0 Å². The first-order valence-electron chi connectivity index (χ1n) is 11.3. The van der Waals surface area contributed by atoms with E-state index >= 15 is 0 Å². The molecular formula is C26H32N2O6. The SMILES string of the molecule is COC(C)C(NC(=O)C(C)(C)CCNC(=O)OCC1c2ccccc2-c2ccccc21)C(=O)O. The van der Waals surface area contributed by atoms with Gasteiger partial charge in [-0.15, -0.1) is 0 Å². The second-order valence-corrected chi connectivity index (χ2v) is 9.12. The van der Waals surface area contributed by atoms with Crippen LogP contribution in [0.3, 0.4) is 0 Å². The predicted molar refractivity (Wildman–Crippen MR) is 128 cm³/mol. The zero-order valence-corrected chi connectivity index (χ0v) is 20.0. The largest absolute Gasteiger partial charge is 0.480 e. The normalized spacial score (nSPS) is 14.5. The molecule has 2 atom stereocenters. The van der Waals surface area contributed by atoms with Crippen molar-refractivity contribution < 1.29 is 29.0 Å². The van der Waals surface area contributed by atoms with Crippen LogP contribution in [-0.2, 0) is 19.1 Å². The fourth-order valence-corrected chi connectivity index (χ4v) is 4.09. The van der Waals surface area contributed by atoms with Gasteiger partial charge in [0.05, 0.1) is 6.10 Å². The number of amides is 2. The van der Waals surface area contributed by atoms with Gasteiger partial charge in [-0.2, -0.15) is 0 Å². The Morgan fingerprint density at radius 1 is 1.03 bits per heavy atom. The van der Waals surface area contributed by atoms with Crippen molar-refractivity contribution in [3.63, 3.8) is 0 Å². The highest BCUT2D eigenvalue weighted by atomic mass is 16.5. The lowest BCUT2D eigenvalue weighted by molar-refractivity contribution is -0.147. The second kappa shape index (κ2) is 10.7. The fourth-order valence-electron chi connectivity index (χ4n) is 4.09. The molecule has 2 amide bonds. The Morgan fingerprint density at radius 3 is 2.12 bits per heavy atom. The predicted octanol–water partition coefficient (Wildman–Crippen LogP) is 3.55. The molecule has 1 aliphatic carbocycles. The molecule has 8 nitrogen and oxygen atoms in total. The van der Waals surface area contributed by atoms with E-state index in [0.717, 1.165) is 22.3 Å². The van der Waals surface area contributed by atoms with E-state index in [4.69, 9.17) is 9.47 Å². The van der Waals surface area contributed by atoms with Crippen molar-refractivity contribution in [2.24, 2.45) is 5.41 Å². The number of nitrogens with one attached hydrogen (secondary N) is 2. The molecule has 2 aromatic carbocycles. The highest BCUT2D eigenvalue weighted by Crippen LogP contribution is 2.44. The van der Waals surface area contributed by atoms with Crippen LogP contribution in [0.4, 0.5) is 4.79 Å². The summed E-state index contributed by atoms with van der Waals surface area (Å²) in [5, 5.41) is 14.6. The first-order chi connectivity index (χ1) is 16.2. The molecule has 0 bridgehead atoms. The van der Waals surface area contributed by atoms with Gasteiger partial charge in [0.25, 0.3) is 0 Å². The lowest BCUT2D eigenvalue weighted by atomic mass is 9.87. The lowest BCUT2D eigenvalue weighted by Gasteiger charge is -2.28. The second-order valence-electron chi connectivity index (χ2n) is 9.12. The Labute approximate surface area is 199 Å². The minimum absolute atomic E-state index is 0.0314. The van der Waals surface area contributed by atoms with E-state index in [9.17, 15) is 19.5 Å². The van der Waals surface area contributed by atoms with Gasteiger partial charge in [-0.05, 0) is 35.6 Å². The van der Waals surface area contributed by atoms with Gasteiger partial charge < -0.3 is 25.2 Å². The van der Waals surface area contributed by atoms with Gasteiger partial charge in [0.1, 0.15) is 6.61 Å². The number of benzene rings is 2. The molecule has 0 aromatic heterocycles. The Morgan fingerprint density at radius 2 is 1.59 bits per heavy atom. The molecule has 3 rings (SSSR count). The van der Waals surface area contributed by atoms with E-state index in [2.05, 4.69) is 34.9 Å². The molecule has 0 saturated carbocycles. The van der Waals surface area contributed by atoms with E-state index < -0.39 is 35.5 Å². The first-order valence-corrected chi connectivity index (χ1v) is 11.3. The van der Waals surface area contributed by atoms with Crippen LogP contribution in [0.15, 0.2) is 48.5 Å². The molecule has 3 N–H and O–H groups in total. The van der Waals surface area contributed by atoms with E-state index in [0.29, 0.717) is 6.42 Å². The zero-order valence-electron chi connectivity index (χ0n) is 20.0. The summed E-state index contributed by atoms with van der Waals surface area (Å²) in [7, 11) is 1.39. The number of ether oxygens (including phenoxy) is 2. The monoisotopic (exact) mass is 468 g/mol. The summed E-state index contributed by atoms with van der Waals surface area (Å²) in [4.78, 5) is 36.4. The van der Waals surface area contributed by atoms with Gasteiger partial charge in [-0.3, -0.25) is 4.79 Å². The molecule has 182 valence electrons. The number of hydrogen-bond acceptors (Lipinski definition) is 5. The number of rotatable bonds is 10. The summed E-state index contributed by atoms with van der Waals surface area (Å²) < 4.78 is 10.6. The fraction of sp³-hybridized carbons (Fsp3) is 0.423. The van der Waals surface area contributed by atoms with Crippen molar-refractivity contribution in [2.45, 2.75) is 45.3 Å². The summed E-state index contributed by atoms with van der Waals surface area (Å²) >= 11 is 0. The van der Waals surface area contributed by atoms with Crippen molar-refractivity contribution in [2.75, 3.05) is 20.3 Å². The van der Waals surface area contributed by atoms with E-state index in [1.807, 2.05) is 24.3 Å². The van der Waals surface area contributed by atoms with Crippen LogP contribution < -0.4 is 10.6 Å². The number of fused-ring (bicyclic) bond motifs is 3. The van der Waals surface area contributed by atoms with Crippen LogP contribution in [-0.4, -0.2) is 55.5 Å². The minimum Gasteiger partial charge on any atom is -0.480 e. The van der Waals surface area contributed by atoms with Gasteiger partial charge in [-0.25, -0.2) is 9.59 Å². The van der Waals surface area contributed by atoms with E-state index in [1.54, 1.807) is 20.8 Å². The average Bonchev–Trinajstić information content (AvgIpc) is 3.14. The van der Waals surface area contributed by atoms with Gasteiger partial charge in [0.2, 0.25) is 5.91 Å². The van der Waals surface area contributed by atoms with Gasteiger partial charge in [0.15, 0.2) is 6.04 Å². The van der Waals surface area contributed by atoms with Crippen molar-refractivity contribution in [3.8, 4) is 11.1 Å². The third kappa shape index (κ3) is 5.56. The summed E-state index contributed by atoms with van der Waals surface area (Å²) in [6.45, 7) is 5.37.